The van der Waals surface area contributed by atoms with Crippen LogP contribution in [0.4, 0.5) is 5.69 Å². The molecule has 0 unspecified atom stereocenters. The molecule has 2 N–H and O–H groups in total. The molecule has 0 radical (unpaired) electrons. The highest BCUT2D eigenvalue weighted by Crippen LogP contribution is 2.34. The van der Waals surface area contributed by atoms with E-state index in [-0.39, 0.29) is 0 Å². The van der Waals surface area contributed by atoms with Gasteiger partial charge in [-0.3, -0.25) is 0 Å². The van der Waals surface area contributed by atoms with E-state index in [2.05, 4.69) is 31.9 Å². The molecular formula is C13H10Br2ClNO. The van der Waals surface area contributed by atoms with Crippen LogP contribution in [0.15, 0.2) is 45.3 Å². The zero-order valence-electron chi connectivity index (χ0n) is 9.29. The first kappa shape index (κ1) is 13.7. The SMILES string of the molecule is Nc1ccc(Cl)cc1COc1c(Br)cccc1Br. The number of nitrogens with two attached hydrogens (primary N) is 1. The van der Waals surface area contributed by atoms with E-state index in [0.717, 1.165) is 20.3 Å². The lowest BCUT2D eigenvalue weighted by Gasteiger charge is -2.11. The molecule has 0 aromatic heterocycles. The predicted molar refractivity (Wildman–Crippen MR) is 82.0 cm³/mol. The van der Waals surface area contributed by atoms with Gasteiger partial charge in [-0.05, 0) is 62.2 Å². The molecule has 0 saturated heterocycles. The highest BCUT2D eigenvalue weighted by Gasteiger charge is 2.07. The molecule has 0 aliphatic carbocycles. The number of para-hydroxylation sites is 1. The Morgan fingerprint density at radius 2 is 1.78 bits per heavy atom. The van der Waals surface area contributed by atoms with Crippen molar-refractivity contribution in [3.05, 3.63) is 55.9 Å². The van der Waals surface area contributed by atoms with Gasteiger partial charge in [0.25, 0.3) is 0 Å². The number of anilines is 1. The maximum Gasteiger partial charge on any atom is 0.148 e. The van der Waals surface area contributed by atoms with Crippen LogP contribution in [0.25, 0.3) is 0 Å². The molecule has 18 heavy (non-hydrogen) atoms. The third-order valence-electron chi connectivity index (χ3n) is 2.40. The molecule has 0 heterocycles. The second kappa shape index (κ2) is 5.95. The second-order valence-electron chi connectivity index (χ2n) is 3.68. The minimum atomic E-state index is 0.369. The van der Waals surface area contributed by atoms with Crippen molar-refractivity contribution in [2.24, 2.45) is 0 Å². The summed E-state index contributed by atoms with van der Waals surface area (Å²) in [6.45, 7) is 0.369. The minimum Gasteiger partial charge on any atom is -0.486 e. The molecule has 0 atom stereocenters. The lowest BCUT2D eigenvalue weighted by atomic mass is 10.2. The van der Waals surface area contributed by atoms with E-state index in [0.29, 0.717) is 17.3 Å². The first-order valence-corrected chi connectivity index (χ1v) is 7.15. The van der Waals surface area contributed by atoms with Crippen LogP contribution in [0, 0.1) is 0 Å². The molecule has 2 aromatic rings. The van der Waals surface area contributed by atoms with Gasteiger partial charge < -0.3 is 10.5 Å². The Bertz CT molecular complexity index is 555. The van der Waals surface area contributed by atoms with Crippen molar-refractivity contribution in [1.29, 1.82) is 0 Å². The van der Waals surface area contributed by atoms with Crippen LogP contribution in [0.2, 0.25) is 5.02 Å². The lowest BCUT2D eigenvalue weighted by Crippen LogP contribution is -2.01. The number of hydrogen-bond donors (Lipinski definition) is 1. The summed E-state index contributed by atoms with van der Waals surface area (Å²) >= 11 is 12.8. The third-order valence-corrected chi connectivity index (χ3v) is 3.88. The standard InChI is InChI=1S/C13H10Br2ClNO/c14-10-2-1-3-11(15)13(10)18-7-8-6-9(16)4-5-12(8)17/h1-6H,7,17H2. The maximum atomic E-state index is 5.93. The highest BCUT2D eigenvalue weighted by molar-refractivity contribution is 9.11. The van der Waals surface area contributed by atoms with E-state index in [1.165, 1.54) is 0 Å². The topological polar surface area (TPSA) is 35.2 Å². The smallest absolute Gasteiger partial charge is 0.148 e. The van der Waals surface area contributed by atoms with Gasteiger partial charge in [-0.25, -0.2) is 0 Å². The highest BCUT2D eigenvalue weighted by atomic mass is 79.9. The van der Waals surface area contributed by atoms with Crippen molar-refractivity contribution in [1.82, 2.24) is 0 Å². The number of nitrogen functional groups attached to an aromatic ring is 1. The predicted octanol–water partition coefficient (Wildman–Crippen LogP) is 5.03. The molecule has 94 valence electrons. The van der Waals surface area contributed by atoms with E-state index in [4.69, 9.17) is 22.1 Å². The van der Waals surface area contributed by atoms with Crippen molar-refractivity contribution >= 4 is 49.1 Å². The van der Waals surface area contributed by atoms with E-state index >= 15 is 0 Å². The zero-order valence-corrected chi connectivity index (χ0v) is 13.2. The summed E-state index contributed by atoms with van der Waals surface area (Å²) in [5, 5.41) is 0.647. The van der Waals surface area contributed by atoms with E-state index in [9.17, 15) is 0 Å². The van der Waals surface area contributed by atoms with Crippen molar-refractivity contribution in [2.45, 2.75) is 6.61 Å². The van der Waals surface area contributed by atoms with Crippen LogP contribution in [-0.4, -0.2) is 0 Å². The second-order valence-corrected chi connectivity index (χ2v) is 5.83. The molecule has 2 aromatic carbocycles. The molecule has 0 bridgehead atoms. The first-order valence-electron chi connectivity index (χ1n) is 5.18. The van der Waals surface area contributed by atoms with Crippen LogP contribution in [0.1, 0.15) is 5.56 Å². The molecule has 0 aliphatic heterocycles. The third kappa shape index (κ3) is 3.19. The van der Waals surface area contributed by atoms with Gasteiger partial charge in [-0.1, -0.05) is 17.7 Å². The van der Waals surface area contributed by atoms with E-state index in [1.54, 1.807) is 12.1 Å². The fraction of sp³-hybridized carbons (Fsp3) is 0.0769. The zero-order chi connectivity index (χ0) is 13.1. The quantitative estimate of drug-likeness (QED) is 0.745. The number of ether oxygens (including phenoxy) is 1. The number of halogens is 3. The summed E-state index contributed by atoms with van der Waals surface area (Å²) in [7, 11) is 0. The Kier molecular flexibility index (Phi) is 4.54. The fourth-order valence-corrected chi connectivity index (χ4v) is 2.89. The molecule has 0 amide bonds. The van der Waals surface area contributed by atoms with Gasteiger partial charge >= 0.3 is 0 Å². The van der Waals surface area contributed by atoms with Crippen molar-refractivity contribution in [2.75, 3.05) is 5.73 Å². The van der Waals surface area contributed by atoms with Gasteiger partial charge in [0.15, 0.2) is 0 Å². The largest absolute Gasteiger partial charge is 0.486 e. The Morgan fingerprint density at radius 1 is 1.11 bits per heavy atom. The molecular weight excluding hydrogens is 381 g/mol. The Hall–Kier alpha value is -0.710. The molecule has 5 heteroatoms. The van der Waals surface area contributed by atoms with Gasteiger partial charge in [-0.2, -0.15) is 0 Å². The molecule has 0 aliphatic rings. The molecule has 0 saturated carbocycles. The Labute approximate surface area is 127 Å². The lowest BCUT2D eigenvalue weighted by molar-refractivity contribution is 0.303. The van der Waals surface area contributed by atoms with Crippen LogP contribution in [-0.2, 0) is 6.61 Å². The van der Waals surface area contributed by atoms with Crippen LogP contribution in [0.5, 0.6) is 5.75 Å². The van der Waals surface area contributed by atoms with Gasteiger partial charge in [0.05, 0.1) is 8.95 Å². The molecule has 2 rings (SSSR count). The maximum absolute atomic E-state index is 5.93. The summed E-state index contributed by atoms with van der Waals surface area (Å²) in [5.41, 5.74) is 7.40. The molecule has 2 nitrogen and oxygen atoms in total. The summed E-state index contributed by atoms with van der Waals surface area (Å²) in [4.78, 5) is 0. The minimum absolute atomic E-state index is 0.369. The van der Waals surface area contributed by atoms with Gasteiger partial charge in [0.1, 0.15) is 12.4 Å². The van der Waals surface area contributed by atoms with Crippen molar-refractivity contribution in [3.63, 3.8) is 0 Å². The fourth-order valence-electron chi connectivity index (χ4n) is 1.47. The Morgan fingerprint density at radius 3 is 2.44 bits per heavy atom. The summed E-state index contributed by atoms with van der Waals surface area (Å²) in [6.07, 6.45) is 0. The normalized spacial score (nSPS) is 10.4. The van der Waals surface area contributed by atoms with Crippen molar-refractivity contribution in [3.8, 4) is 5.75 Å². The number of hydrogen-bond acceptors (Lipinski definition) is 2. The summed E-state index contributed by atoms with van der Waals surface area (Å²) in [5.74, 6) is 0.747. The van der Waals surface area contributed by atoms with Gasteiger partial charge in [-0.15, -0.1) is 0 Å². The van der Waals surface area contributed by atoms with E-state index < -0.39 is 0 Å². The molecule has 0 spiro atoms. The van der Waals surface area contributed by atoms with Gasteiger partial charge in [0.2, 0.25) is 0 Å². The van der Waals surface area contributed by atoms with Crippen molar-refractivity contribution < 1.29 is 4.74 Å². The van der Waals surface area contributed by atoms with Gasteiger partial charge in [0, 0.05) is 16.3 Å². The monoisotopic (exact) mass is 389 g/mol. The first-order chi connectivity index (χ1) is 8.58. The summed E-state index contributed by atoms with van der Waals surface area (Å²) in [6, 6.07) is 11.1. The van der Waals surface area contributed by atoms with E-state index in [1.807, 2.05) is 24.3 Å². The Balaban J connectivity index is 2.19. The van der Waals surface area contributed by atoms with Crippen LogP contribution in [0.3, 0.4) is 0 Å². The van der Waals surface area contributed by atoms with Crippen LogP contribution >= 0.6 is 43.5 Å². The average Bonchev–Trinajstić information content (AvgIpc) is 2.33. The average molecular weight is 391 g/mol. The number of rotatable bonds is 3. The molecule has 0 fully saturated rings. The van der Waals surface area contributed by atoms with Crippen LogP contribution < -0.4 is 10.5 Å². The summed E-state index contributed by atoms with van der Waals surface area (Å²) < 4.78 is 7.53. The number of benzene rings is 2.